The van der Waals surface area contributed by atoms with Crippen molar-refractivity contribution in [2.75, 3.05) is 32.8 Å². The van der Waals surface area contributed by atoms with Gasteiger partial charge in [0, 0.05) is 55.8 Å². The van der Waals surface area contributed by atoms with Crippen molar-refractivity contribution >= 4 is 17.6 Å². The van der Waals surface area contributed by atoms with Gasteiger partial charge in [-0.25, -0.2) is 0 Å². The molecule has 2 unspecified atom stereocenters. The Balaban J connectivity index is 1.32. The topological polar surface area (TPSA) is 157 Å². The summed E-state index contributed by atoms with van der Waals surface area (Å²) in [7, 11) is 0. The average molecular weight is 729 g/mol. The molecule has 2 heterocycles. The molecule has 1 aromatic heterocycles. The number of carboxylic acids is 1. The summed E-state index contributed by atoms with van der Waals surface area (Å²) < 4.78 is 18.6. The number of carboxylic acid groups (broad SMARTS) is 1. The smallest absolute Gasteiger partial charge is 0.326 e. The number of pyridine rings is 1. The quantitative estimate of drug-likeness (QED) is 0.0973. The fourth-order valence-electron chi connectivity index (χ4n) is 6.07. The van der Waals surface area contributed by atoms with Gasteiger partial charge < -0.3 is 34.4 Å². The lowest BCUT2D eigenvalue weighted by Crippen LogP contribution is -2.52. The monoisotopic (exact) mass is 728 g/mol. The highest BCUT2D eigenvalue weighted by molar-refractivity contribution is 6.32. The number of aromatic nitrogens is 1. The number of hydrogen-bond acceptors (Lipinski definition) is 10. The molecule has 3 aromatic carbocycles. The van der Waals surface area contributed by atoms with Gasteiger partial charge in [0.15, 0.2) is 0 Å². The fraction of sp³-hybridized carbons (Fsp3) is 0.375. The molecular weight excluding hydrogens is 684 g/mol. The summed E-state index contributed by atoms with van der Waals surface area (Å²) in [5, 5.41) is 41.6. The third-order valence-corrected chi connectivity index (χ3v) is 9.71. The van der Waals surface area contributed by atoms with E-state index in [-0.39, 0.29) is 25.9 Å². The van der Waals surface area contributed by atoms with E-state index in [1.807, 2.05) is 24.3 Å². The van der Waals surface area contributed by atoms with Gasteiger partial charge in [-0.3, -0.25) is 15.1 Å². The lowest BCUT2D eigenvalue weighted by atomic mass is 9.93. The Kier molecular flexibility index (Phi) is 13.1. The number of carbonyl (C=O) groups is 1. The highest BCUT2D eigenvalue weighted by atomic mass is 35.5. The van der Waals surface area contributed by atoms with Crippen LogP contribution >= 0.6 is 11.6 Å². The third-order valence-electron chi connectivity index (χ3n) is 9.42. The minimum Gasteiger partial charge on any atom is -0.493 e. The number of β-amino-alcohol motifs (C(OH)–C–C–N with tert-alkyl or cyclic N) is 1. The molecule has 0 saturated carbocycles. The Bertz CT molecular complexity index is 1920. The first kappa shape index (κ1) is 38.5. The van der Waals surface area contributed by atoms with Crippen LogP contribution in [-0.2, 0) is 24.6 Å². The van der Waals surface area contributed by atoms with E-state index in [1.165, 1.54) is 13.1 Å². The van der Waals surface area contributed by atoms with Gasteiger partial charge >= 0.3 is 5.97 Å². The molecule has 274 valence electrons. The first-order chi connectivity index (χ1) is 25.0. The summed E-state index contributed by atoms with van der Waals surface area (Å²) >= 11 is 6.72. The molecule has 4 aromatic rings. The van der Waals surface area contributed by atoms with Gasteiger partial charge in [0.1, 0.15) is 42.1 Å². The highest BCUT2D eigenvalue weighted by Gasteiger charge is 2.32. The van der Waals surface area contributed by atoms with Gasteiger partial charge in [0.05, 0.1) is 29.9 Å². The zero-order chi connectivity index (χ0) is 37.3. The normalized spacial score (nSPS) is 15.5. The van der Waals surface area contributed by atoms with Gasteiger partial charge in [0.2, 0.25) is 0 Å². The van der Waals surface area contributed by atoms with E-state index in [0.717, 1.165) is 66.0 Å². The molecule has 0 radical (unpaired) electrons. The van der Waals surface area contributed by atoms with Gasteiger partial charge in [-0.05, 0) is 79.6 Å². The van der Waals surface area contributed by atoms with Gasteiger partial charge in [-0.2, -0.15) is 5.26 Å². The first-order valence-corrected chi connectivity index (χ1v) is 17.6. The van der Waals surface area contributed by atoms with Gasteiger partial charge in [-0.15, -0.1) is 0 Å². The molecule has 1 aliphatic heterocycles. The summed E-state index contributed by atoms with van der Waals surface area (Å²) in [5.74, 6) is 0.389. The number of ether oxygens (including phenoxy) is 3. The van der Waals surface area contributed by atoms with Crippen molar-refractivity contribution in [3.63, 3.8) is 0 Å². The fourth-order valence-corrected chi connectivity index (χ4v) is 6.31. The van der Waals surface area contributed by atoms with Crippen molar-refractivity contribution < 1.29 is 34.3 Å². The average Bonchev–Trinajstić information content (AvgIpc) is 3.57. The van der Waals surface area contributed by atoms with Crippen molar-refractivity contribution in [3.05, 3.63) is 105 Å². The number of nitrogens with zero attached hydrogens (tertiary/aromatic N) is 3. The number of aliphatic carboxylic acids is 1. The number of aliphatic hydroxyl groups excluding tert-OH is 2. The lowest BCUT2D eigenvalue weighted by molar-refractivity contribution is -0.145. The second-order valence-electron chi connectivity index (χ2n) is 13.3. The SMILES string of the molecule is Cc1c(COc2cc(OCc3cncc(C#N)c3)c(CNC(C)(CO)C(=O)O)cc2Cl)cccc1-c1cccc(OCCCN2CCC(O)C2)c1C. The van der Waals surface area contributed by atoms with Crippen molar-refractivity contribution in [1.29, 1.82) is 5.26 Å². The second-order valence-corrected chi connectivity index (χ2v) is 13.7. The number of nitriles is 1. The Morgan fingerprint density at radius 2 is 1.77 bits per heavy atom. The molecule has 0 bridgehead atoms. The van der Waals surface area contributed by atoms with Crippen LogP contribution in [0.2, 0.25) is 5.02 Å². The number of benzene rings is 3. The molecule has 52 heavy (non-hydrogen) atoms. The first-order valence-electron chi connectivity index (χ1n) is 17.2. The number of nitrogens with one attached hydrogen (secondary N) is 1. The summed E-state index contributed by atoms with van der Waals surface area (Å²) in [5.41, 5.74) is 5.20. The van der Waals surface area contributed by atoms with E-state index in [2.05, 4.69) is 47.3 Å². The van der Waals surface area contributed by atoms with Crippen LogP contribution in [0.4, 0.5) is 0 Å². The maximum Gasteiger partial charge on any atom is 0.326 e. The second kappa shape index (κ2) is 17.7. The lowest BCUT2D eigenvalue weighted by Gasteiger charge is -2.25. The number of halogens is 1. The number of aliphatic hydroxyl groups is 2. The molecule has 1 fully saturated rings. The molecule has 0 amide bonds. The Labute approximate surface area is 309 Å². The summed E-state index contributed by atoms with van der Waals surface area (Å²) in [6, 6.07) is 19.2. The summed E-state index contributed by atoms with van der Waals surface area (Å²) in [4.78, 5) is 18.2. The molecular formula is C40H45ClN4O7. The van der Waals surface area contributed by atoms with E-state index in [1.54, 1.807) is 24.4 Å². The van der Waals surface area contributed by atoms with Crippen LogP contribution in [0.1, 0.15) is 53.1 Å². The van der Waals surface area contributed by atoms with Gasteiger partial charge in [-0.1, -0.05) is 41.9 Å². The zero-order valence-corrected chi connectivity index (χ0v) is 30.4. The summed E-state index contributed by atoms with van der Waals surface area (Å²) in [6.07, 6.45) is 4.55. The molecule has 2 atom stereocenters. The minimum absolute atomic E-state index is 0.0288. The van der Waals surface area contributed by atoms with Crippen LogP contribution in [0.5, 0.6) is 17.2 Å². The number of likely N-dealkylation sites (tertiary alicyclic amines) is 1. The van der Waals surface area contributed by atoms with Crippen LogP contribution in [0.15, 0.2) is 67.0 Å². The Morgan fingerprint density at radius 3 is 2.48 bits per heavy atom. The molecule has 11 nitrogen and oxygen atoms in total. The van der Waals surface area contributed by atoms with E-state index in [4.69, 9.17) is 25.8 Å². The van der Waals surface area contributed by atoms with E-state index < -0.39 is 18.1 Å². The molecule has 0 spiro atoms. The van der Waals surface area contributed by atoms with Crippen molar-refractivity contribution in [1.82, 2.24) is 15.2 Å². The Hall–Kier alpha value is -4.70. The Morgan fingerprint density at radius 1 is 1.02 bits per heavy atom. The predicted octanol–water partition coefficient (Wildman–Crippen LogP) is 5.81. The van der Waals surface area contributed by atoms with E-state index in [0.29, 0.717) is 39.8 Å². The predicted molar refractivity (Wildman–Crippen MR) is 198 cm³/mol. The van der Waals surface area contributed by atoms with Crippen molar-refractivity contribution in [2.24, 2.45) is 0 Å². The van der Waals surface area contributed by atoms with E-state index >= 15 is 0 Å². The van der Waals surface area contributed by atoms with Crippen LogP contribution in [0.3, 0.4) is 0 Å². The molecule has 4 N–H and O–H groups in total. The van der Waals surface area contributed by atoms with Crippen LogP contribution in [-0.4, -0.2) is 75.7 Å². The maximum atomic E-state index is 11.8. The van der Waals surface area contributed by atoms with Crippen LogP contribution in [0.25, 0.3) is 11.1 Å². The summed E-state index contributed by atoms with van der Waals surface area (Å²) in [6.45, 7) is 8.36. The molecule has 1 saturated heterocycles. The van der Waals surface area contributed by atoms with Crippen LogP contribution < -0.4 is 19.5 Å². The standard InChI is InChI=1S/C40H45ClN4O7/c1-26-30(7-4-8-33(26)34-9-5-10-36(27(34)2)50-14-6-12-45-13-11-32(47)22-45)24-52-38-17-37(51-23-29-15-28(18-42)19-43-20-29)31(16-35(38)41)21-44-40(3,25-46)39(48)49/h4-5,7-10,15-17,19-20,32,44,46-47H,6,11-14,21-25H2,1-3H3,(H,48,49). The molecule has 1 aliphatic rings. The van der Waals surface area contributed by atoms with E-state index in [9.17, 15) is 25.4 Å². The van der Waals surface area contributed by atoms with Crippen LogP contribution in [0, 0.1) is 25.2 Å². The van der Waals surface area contributed by atoms with Gasteiger partial charge in [0.25, 0.3) is 0 Å². The van der Waals surface area contributed by atoms with Crippen molar-refractivity contribution in [2.45, 2.75) is 65.0 Å². The molecule has 12 heteroatoms. The van der Waals surface area contributed by atoms with Crippen molar-refractivity contribution in [3.8, 4) is 34.4 Å². The molecule has 0 aliphatic carbocycles. The minimum atomic E-state index is -1.59. The third kappa shape index (κ3) is 9.59. The highest BCUT2D eigenvalue weighted by Crippen LogP contribution is 2.36. The largest absolute Gasteiger partial charge is 0.493 e. The maximum absolute atomic E-state index is 11.8. The number of rotatable bonds is 17. The number of hydrogen-bond donors (Lipinski definition) is 4. The molecule has 5 rings (SSSR count). The zero-order valence-electron chi connectivity index (χ0n) is 29.7.